The minimum absolute atomic E-state index is 0.0863. The van der Waals surface area contributed by atoms with E-state index in [9.17, 15) is 4.79 Å². The molecule has 0 saturated carbocycles. The number of H-pyrrole nitrogens is 1. The Morgan fingerprint density at radius 3 is 2.71 bits per heavy atom. The number of rotatable bonds is 1. The molecule has 14 heavy (non-hydrogen) atoms. The number of nitrogens with one attached hydrogen (secondary N) is 1. The summed E-state index contributed by atoms with van der Waals surface area (Å²) in [6.45, 7) is 3.67. The predicted molar refractivity (Wildman–Crippen MR) is 57.5 cm³/mol. The van der Waals surface area contributed by atoms with Crippen LogP contribution in [0.4, 0.5) is 0 Å². The van der Waals surface area contributed by atoms with Gasteiger partial charge in [-0.3, -0.25) is 9.78 Å². The van der Waals surface area contributed by atoms with E-state index in [1.54, 1.807) is 12.4 Å². The number of nitrogens with zero attached hydrogens (tertiary/aromatic N) is 1. The molecule has 0 radical (unpaired) electrons. The maximum atomic E-state index is 11.3. The largest absolute Gasteiger partial charge is 0.313 e. The van der Waals surface area contributed by atoms with E-state index >= 15 is 0 Å². The molecule has 2 aromatic heterocycles. The molecule has 0 fully saturated rings. The van der Waals surface area contributed by atoms with Crippen LogP contribution >= 0.6 is 11.3 Å². The molecule has 0 aliphatic heterocycles. The molecule has 2 heterocycles. The maximum Gasteiger partial charge on any atom is 0.266 e. The molecule has 0 aliphatic carbocycles. The molecular weight excluding hydrogens is 196 g/mol. The van der Waals surface area contributed by atoms with Crippen LogP contribution in [0, 0.1) is 0 Å². The van der Waals surface area contributed by atoms with E-state index in [0.29, 0.717) is 9.20 Å². The van der Waals surface area contributed by atoms with Gasteiger partial charge in [0.05, 0.1) is 9.20 Å². The van der Waals surface area contributed by atoms with Crippen molar-refractivity contribution in [3.63, 3.8) is 0 Å². The SMILES string of the molecule is C=c1[nH]c(=O)/c(=C/c2ccncc2)s1. The average molecular weight is 204 g/mol. The van der Waals surface area contributed by atoms with Crippen molar-refractivity contribution in [1.82, 2.24) is 9.97 Å². The van der Waals surface area contributed by atoms with Crippen molar-refractivity contribution in [2.24, 2.45) is 0 Å². The van der Waals surface area contributed by atoms with Crippen LogP contribution in [0.2, 0.25) is 0 Å². The van der Waals surface area contributed by atoms with Gasteiger partial charge in [0, 0.05) is 12.4 Å². The third kappa shape index (κ3) is 1.80. The van der Waals surface area contributed by atoms with Crippen molar-refractivity contribution in [3.05, 3.63) is 49.6 Å². The van der Waals surface area contributed by atoms with Gasteiger partial charge in [0.15, 0.2) is 0 Å². The van der Waals surface area contributed by atoms with Crippen LogP contribution in [0.1, 0.15) is 5.56 Å². The van der Waals surface area contributed by atoms with Gasteiger partial charge in [0.2, 0.25) is 0 Å². The van der Waals surface area contributed by atoms with Crippen LogP contribution in [0.25, 0.3) is 12.7 Å². The lowest BCUT2D eigenvalue weighted by atomic mass is 10.2. The molecule has 2 aromatic rings. The Bertz CT molecular complexity index is 583. The third-order valence-corrected chi connectivity index (χ3v) is 2.59. The molecule has 0 aliphatic rings. The number of thiazole rings is 1. The van der Waals surface area contributed by atoms with E-state index in [4.69, 9.17) is 0 Å². The van der Waals surface area contributed by atoms with Crippen LogP contribution in [-0.2, 0) is 0 Å². The molecule has 0 amide bonds. The molecule has 4 heteroatoms. The van der Waals surface area contributed by atoms with Gasteiger partial charge in [-0.15, -0.1) is 11.3 Å². The molecule has 0 saturated heterocycles. The number of hydrogen-bond acceptors (Lipinski definition) is 3. The van der Waals surface area contributed by atoms with Gasteiger partial charge < -0.3 is 4.98 Å². The van der Waals surface area contributed by atoms with Crippen LogP contribution < -0.4 is 14.8 Å². The van der Waals surface area contributed by atoms with E-state index in [1.807, 2.05) is 18.2 Å². The first kappa shape index (κ1) is 8.90. The number of aromatic nitrogens is 2. The Balaban J connectivity index is 2.61. The fourth-order valence-corrected chi connectivity index (χ4v) is 1.85. The highest BCUT2D eigenvalue weighted by Gasteiger charge is 1.92. The Morgan fingerprint density at radius 1 is 1.43 bits per heavy atom. The average Bonchev–Trinajstić information content (AvgIpc) is 2.47. The van der Waals surface area contributed by atoms with Crippen LogP contribution in [0.5, 0.6) is 0 Å². The molecule has 3 nitrogen and oxygen atoms in total. The van der Waals surface area contributed by atoms with Gasteiger partial charge >= 0.3 is 0 Å². The van der Waals surface area contributed by atoms with Crippen molar-refractivity contribution >= 4 is 24.0 Å². The van der Waals surface area contributed by atoms with Gasteiger partial charge in [-0.1, -0.05) is 6.58 Å². The summed E-state index contributed by atoms with van der Waals surface area (Å²) in [5.41, 5.74) is 0.879. The first-order chi connectivity index (χ1) is 6.75. The third-order valence-electron chi connectivity index (χ3n) is 1.71. The number of hydrogen-bond donors (Lipinski definition) is 1. The lowest BCUT2D eigenvalue weighted by molar-refractivity contribution is 1.26. The number of aromatic amines is 1. The first-order valence-electron chi connectivity index (χ1n) is 4.05. The highest BCUT2D eigenvalue weighted by Crippen LogP contribution is 1.95. The number of pyridine rings is 1. The molecule has 1 N–H and O–H groups in total. The summed E-state index contributed by atoms with van der Waals surface area (Å²) in [7, 11) is 0. The molecule has 2 rings (SSSR count). The van der Waals surface area contributed by atoms with E-state index < -0.39 is 0 Å². The summed E-state index contributed by atoms with van der Waals surface area (Å²) in [5, 5.41) is 0. The lowest BCUT2D eigenvalue weighted by Crippen LogP contribution is -2.19. The summed E-state index contributed by atoms with van der Waals surface area (Å²) in [6.07, 6.45) is 5.21. The van der Waals surface area contributed by atoms with Crippen molar-refractivity contribution in [2.45, 2.75) is 0 Å². The standard InChI is InChI=1S/C10H8N2OS/c1-7-12-10(13)9(14-7)6-8-2-4-11-5-3-8/h2-6H,1H2,(H,12,13)/b9-6-. The summed E-state index contributed by atoms with van der Waals surface area (Å²) < 4.78 is 1.34. The Kier molecular flexibility index (Phi) is 2.28. The van der Waals surface area contributed by atoms with E-state index in [2.05, 4.69) is 16.5 Å². The summed E-state index contributed by atoms with van der Waals surface area (Å²) in [5.74, 6) is 0. The van der Waals surface area contributed by atoms with Gasteiger partial charge in [-0.25, -0.2) is 0 Å². The summed E-state index contributed by atoms with van der Waals surface area (Å²) in [4.78, 5) is 17.8. The fraction of sp³-hybridized carbons (Fsp3) is 0. The van der Waals surface area contributed by atoms with E-state index in [1.165, 1.54) is 11.3 Å². The second-order valence-corrected chi connectivity index (χ2v) is 3.91. The second kappa shape index (κ2) is 3.59. The van der Waals surface area contributed by atoms with E-state index in [-0.39, 0.29) is 5.56 Å². The second-order valence-electron chi connectivity index (χ2n) is 2.77. The fourth-order valence-electron chi connectivity index (χ4n) is 1.10. The van der Waals surface area contributed by atoms with Crippen LogP contribution in [0.3, 0.4) is 0 Å². The highest BCUT2D eigenvalue weighted by molar-refractivity contribution is 7.07. The maximum absolute atomic E-state index is 11.3. The topological polar surface area (TPSA) is 45.8 Å². The molecule has 0 spiro atoms. The van der Waals surface area contributed by atoms with Crippen molar-refractivity contribution in [2.75, 3.05) is 0 Å². The van der Waals surface area contributed by atoms with Crippen molar-refractivity contribution < 1.29 is 0 Å². The smallest absolute Gasteiger partial charge is 0.266 e. The molecule has 0 unspecified atom stereocenters. The molecule has 70 valence electrons. The van der Waals surface area contributed by atoms with Gasteiger partial charge in [-0.05, 0) is 23.8 Å². The minimum atomic E-state index is -0.0863. The quantitative estimate of drug-likeness (QED) is 0.714. The van der Waals surface area contributed by atoms with Crippen molar-refractivity contribution in [3.8, 4) is 0 Å². The monoisotopic (exact) mass is 204 g/mol. The Morgan fingerprint density at radius 2 is 2.14 bits per heavy atom. The lowest BCUT2D eigenvalue weighted by Gasteiger charge is -1.86. The zero-order valence-corrected chi connectivity index (χ0v) is 8.17. The summed E-state index contributed by atoms with van der Waals surface area (Å²) in [6, 6.07) is 3.70. The Labute approximate surface area is 84.1 Å². The van der Waals surface area contributed by atoms with Crippen molar-refractivity contribution in [1.29, 1.82) is 0 Å². The zero-order valence-electron chi connectivity index (χ0n) is 7.36. The summed E-state index contributed by atoms with van der Waals surface area (Å²) >= 11 is 1.35. The molecule has 0 bridgehead atoms. The predicted octanol–water partition coefficient (Wildman–Crippen LogP) is 0.0705. The van der Waals surface area contributed by atoms with E-state index in [0.717, 1.165) is 5.56 Å². The normalized spacial score (nSPS) is 11.9. The van der Waals surface area contributed by atoms with Gasteiger partial charge in [0.25, 0.3) is 5.56 Å². The van der Waals surface area contributed by atoms with Gasteiger partial charge in [0.1, 0.15) is 0 Å². The zero-order chi connectivity index (χ0) is 9.97. The van der Waals surface area contributed by atoms with Gasteiger partial charge in [-0.2, -0.15) is 0 Å². The van der Waals surface area contributed by atoms with Crippen LogP contribution in [-0.4, -0.2) is 9.97 Å². The molecule has 0 aromatic carbocycles. The molecule has 0 atom stereocenters. The minimum Gasteiger partial charge on any atom is -0.313 e. The highest BCUT2D eigenvalue weighted by atomic mass is 32.1. The molecular formula is C10H8N2OS. The van der Waals surface area contributed by atoms with Crippen LogP contribution in [0.15, 0.2) is 29.3 Å². The Hall–Kier alpha value is -1.68. The first-order valence-corrected chi connectivity index (χ1v) is 4.87.